The molecule has 2 rings (SSSR count). The summed E-state index contributed by atoms with van der Waals surface area (Å²) in [6.07, 6.45) is 3.29. The summed E-state index contributed by atoms with van der Waals surface area (Å²) < 4.78 is 39.8. The van der Waals surface area contributed by atoms with Gasteiger partial charge in [-0.25, -0.2) is 23.6 Å². The standard InChI is InChI=1S/C13H18F3N3/c14-10-7-12(16)11(15)6-9(10)13(8-17)18-19-4-2-1-3-5-19/h6-7,13,18H,1-5,8,17H2. The van der Waals surface area contributed by atoms with E-state index in [1.807, 2.05) is 5.01 Å². The molecule has 0 bridgehead atoms. The summed E-state index contributed by atoms with van der Waals surface area (Å²) in [5.41, 5.74) is 8.76. The molecule has 6 heteroatoms. The molecule has 1 saturated heterocycles. The molecule has 1 aromatic carbocycles. The monoisotopic (exact) mass is 273 g/mol. The molecule has 0 aromatic heterocycles. The number of hydrogen-bond donors (Lipinski definition) is 2. The van der Waals surface area contributed by atoms with Crippen LogP contribution in [-0.4, -0.2) is 24.6 Å². The zero-order chi connectivity index (χ0) is 13.8. The summed E-state index contributed by atoms with van der Waals surface area (Å²) in [5.74, 6) is -3.02. The first-order valence-electron chi connectivity index (χ1n) is 6.47. The maximum absolute atomic E-state index is 13.7. The van der Waals surface area contributed by atoms with Crippen molar-refractivity contribution in [3.05, 3.63) is 35.1 Å². The Bertz CT molecular complexity index is 433. The molecule has 106 valence electrons. The maximum Gasteiger partial charge on any atom is 0.161 e. The molecule has 0 aliphatic carbocycles. The number of nitrogens with one attached hydrogen (secondary N) is 1. The number of nitrogens with two attached hydrogens (primary N) is 1. The van der Waals surface area contributed by atoms with Gasteiger partial charge >= 0.3 is 0 Å². The van der Waals surface area contributed by atoms with E-state index in [0.717, 1.165) is 32.0 Å². The van der Waals surface area contributed by atoms with Gasteiger partial charge in [0.05, 0.1) is 6.04 Å². The van der Waals surface area contributed by atoms with Gasteiger partial charge in [0, 0.05) is 31.3 Å². The molecule has 1 fully saturated rings. The molecular formula is C13H18F3N3. The van der Waals surface area contributed by atoms with Crippen LogP contribution in [0.3, 0.4) is 0 Å². The van der Waals surface area contributed by atoms with Gasteiger partial charge in [-0.3, -0.25) is 0 Å². The first-order valence-corrected chi connectivity index (χ1v) is 6.47. The van der Waals surface area contributed by atoms with E-state index in [1.54, 1.807) is 0 Å². The molecule has 0 amide bonds. The lowest BCUT2D eigenvalue weighted by atomic mass is 10.1. The van der Waals surface area contributed by atoms with E-state index in [4.69, 9.17) is 5.73 Å². The van der Waals surface area contributed by atoms with Gasteiger partial charge in [-0.15, -0.1) is 0 Å². The molecule has 0 radical (unpaired) electrons. The molecule has 3 N–H and O–H groups in total. The number of halogens is 3. The van der Waals surface area contributed by atoms with Gasteiger partial charge in [-0.05, 0) is 18.9 Å². The van der Waals surface area contributed by atoms with Crippen LogP contribution in [0.5, 0.6) is 0 Å². The Hall–Kier alpha value is -1.11. The topological polar surface area (TPSA) is 41.3 Å². The fourth-order valence-electron chi connectivity index (χ4n) is 2.30. The maximum atomic E-state index is 13.7. The molecule has 1 aliphatic rings. The van der Waals surface area contributed by atoms with Crippen LogP contribution in [0.4, 0.5) is 13.2 Å². The third-order valence-electron chi connectivity index (χ3n) is 3.35. The minimum Gasteiger partial charge on any atom is -0.329 e. The third kappa shape index (κ3) is 3.46. The van der Waals surface area contributed by atoms with Gasteiger partial charge < -0.3 is 5.73 Å². The molecule has 1 aliphatic heterocycles. The van der Waals surface area contributed by atoms with Crippen LogP contribution < -0.4 is 11.2 Å². The Balaban J connectivity index is 2.14. The molecule has 19 heavy (non-hydrogen) atoms. The second kappa shape index (κ2) is 6.36. The molecule has 1 atom stereocenters. The van der Waals surface area contributed by atoms with E-state index in [0.29, 0.717) is 6.07 Å². The molecule has 1 heterocycles. The molecule has 0 spiro atoms. The summed E-state index contributed by atoms with van der Waals surface area (Å²) in [6, 6.07) is 0.887. The van der Waals surface area contributed by atoms with Crippen LogP contribution in [0.25, 0.3) is 0 Å². The highest BCUT2D eigenvalue weighted by Gasteiger charge is 2.20. The zero-order valence-corrected chi connectivity index (χ0v) is 10.6. The minimum absolute atomic E-state index is 0.0620. The predicted molar refractivity (Wildman–Crippen MR) is 66.7 cm³/mol. The molecular weight excluding hydrogens is 255 g/mol. The Morgan fingerprint density at radius 1 is 1.05 bits per heavy atom. The summed E-state index contributed by atoms with van der Waals surface area (Å²) in [6.45, 7) is 1.81. The number of piperidine rings is 1. The highest BCUT2D eigenvalue weighted by Crippen LogP contribution is 2.21. The molecule has 3 nitrogen and oxygen atoms in total. The first-order chi connectivity index (χ1) is 9.11. The van der Waals surface area contributed by atoms with Crippen molar-refractivity contribution in [3.8, 4) is 0 Å². The first kappa shape index (κ1) is 14.3. The largest absolute Gasteiger partial charge is 0.329 e. The Morgan fingerprint density at radius 2 is 1.68 bits per heavy atom. The van der Waals surface area contributed by atoms with Crippen LogP contribution in [0.15, 0.2) is 12.1 Å². The van der Waals surface area contributed by atoms with Gasteiger partial charge in [-0.2, -0.15) is 0 Å². The van der Waals surface area contributed by atoms with E-state index >= 15 is 0 Å². The van der Waals surface area contributed by atoms with Crippen LogP contribution in [-0.2, 0) is 0 Å². The smallest absolute Gasteiger partial charge is 0.161 e. The highest BCUT2D eigenvalue weighted by atomic mass is 19.2. The van der Waals surface area contributed by atoms with Gasteiger partial charge in [-0.1, -0.05) is 6.42 Å². The second-order valence-corrected chi connectivity index (χ2v) is 4.75. The van der Waals surface area contributed by atoms with Crippen LogP contribution in [0.2, 0.25) is 0 Å². The van der Waals surface area contributed by atoms with Gasteiger partial charge in [0.25, 0.3) is 0 Å². The van der Waals surface area contributed by atoms with E-state index in [-0.39, 0.29) is 12.1 Å². The van der Waals surface area contributed by atoms with Gasteiger partial charge in [0.2, 0.25) is 0 Å². The lowest BCUT2D eigenvalue weighted by molar-refractivity contribution is 0.129. The number of hydrazine groups is 1. The Morgan fingerprint density at radius 3 is 2.32 bits per heavy atom. The predicted octanol–water partition coefficient (Wildman–Crippen LogP) is 2.09. The average molecular weight is 273 g/mol. The molecule has 1 unspecified atom stereocenters. The summed E-state index contributed by atoms with van der Waals surface area (Å²) in [5, 5.41) is 1.96. The SMILES string of the molecule is NCC(NN1CCCCC1)c1cc(F)c(F)cc1F. The van der Waals surface area contributed by atoms with Crippen molar-refractivity contribution in [2.24, 2.45) is 5.73 Å². The van der Waals surface area contributed by atoms with Gasteiger partial charge in [0.15, 0.2) is 11.6 Å². The van der Waals surface area contributed by atoms with Crippen molar-refractivity contribution in [2.45, 2.75) is 25.3 Å². The van der Waals surface area contributed by atoms with Crippen molar-refractivity contribution in [3.63, 3.8) is 0 Å². The lowest BCUT2D eigenvalue weighted by Crippen LogP contribution is -2.45. The van der Waals surface area contributed by atoms with Crippen LogP contribution >= 0.6 is 0 Å². The fraction of sp³-hybridized carbons (Fsp3) is 0.538. The van der Waals surface area contributed by atoms with Crippen LogP contribution in [0, 0.1) is 17.5 Å². The van der Waals surface area contributed by atoms with Crippen molar-refractivity contribution in [1.29, 1.82) is 0 Å². The van der Waals surface area contributed by atoms with E-state index < -0.39 is 23.5 Å². The second-order valence-electron chi connectivity index (χ2n) is 4.75. The Kier molecular flexibility index (Phi) is 4.79. The highest BCUT2D eigenvalue weighted by molar-refractivity contribution is 5.23. The van der Waals surface area contributed by atoms with E-state index in [2.05, 4.69) is 5.43 Å². The summed E-state index contributed by atoms with van der Waals surface area (Å²) in [4.78, 5) is 0. The summed E-state index contributed by atoms with van der Waals surface area (Å²) in [7, 11) is 0. The summed E-state index contributed by atoms with van der Waals surface area (Å²) >= 11 is 0. The molecule has 0 saturated carbocycles. The molecule has 1 aromatic rings. The lowest BCUT2D eigenvalue weighted by Gasteiger charge is -2.31. The number of rotatable bonds is 4. The van der Waals surface area contributed by atoms with E-state index in [9.17, 15) is 13.2 Å². The van der Waals surface area contributed by atoms with Crippen LogP contribution in [0.1, 0.15) is 30.9 Å². The normalized spacial score (nSPS) is 18.5. The Labute approximate surface area is 110 Å². The number of hydrogen-bond acceptors (Lipinski definition) is 3. The average Bonchev–Trinajstić information content (AvgIpc) is 2.42. The minimum atomic E-state index is -1.19. The van der Waals surface area contributed by atoms with Crippen molar-refractivity contribution in [1.82, 2.24) is 10.4 Å². The quantitative estimate of drug-likeness (QED) is 0.825. The number of benzene rings is 1. The van der Waals surface area contributed by atoms with E-state index in [1.165, 1.54) is 6.42 Å². The number of nitrogens with zero attached hydrogens (tertiary/aromatic N) is 1. The van der Waals surface area contributed by atoms with Crippen molar-refractivity contribution >= 4 is 0 Å². The van der Waals surface area contributed by atoms with Gasteiger partial charge in [0.1, 0.15) is 5.82 Å². The third-order valence-corrected chi connectivity index (χ3v) is 3.35. The zero-order valence-electron chi connectivity index (χ0n) is 10.6. The fourth-order valence-corrected chi connectivity index (χ4v) is 2.30. The van der Waals surface area contributed by atoms with Crippen molar-refractivity contribution in [2.75, 3.05) is 19.6 Å². The van der Waals surface area contributed by atoms with Crippen molar-refractivity contribution < 1.29 is 13.2 Å².